The molecule has 0 amide bonds. The van der Waals surface area contributed by atoms with Gasteiger partial charge >= 0.3 is 0 Å². The van der Waals surface area contributed by atoms with Crippen LogP contribution in [0.5, 0.6) is 23.0 Å². The molecule has 8 bridgehead atoms. The van der Waals surface area contributed by atoms with E-state index in [2.05, 4.69) is 204 Å². The van der Waals surface area contributed by atoms with Crippen molar-refractivity contribution in [3.63, 3.8) is 0 Å². The SMILES string of the molecule is C#CCCCCOc1c2cc(C(C)(C)C)cc1Cc1cc(C(C)(C)C)cc(c1OCc1ccccc1)Cc1cc(C(C)(C)C)cc(c1OCCCCC#C)Cc1cc(C(C)(C)C)cc(c1OCc1ccccc1)C2. The van der Waals surface area contributed by atoms with Gasteiger partial charge in [-0.25, -0.2) is 0 Å². The molecule has 0 heterocycles. The smallest absolute Gasteiger partial charge is 0.126 e. The highest BCUT2D eigenvalue weighted by Crippen LogP contribution is 2.45. The number of unbranched alkanes of at least 4 members (excludes halogenated alkanes) is 4. The lowest BCUT2D eigenvalue weighted by Gasteiger charge is -2.29. The number of benzene rings is 6. The monoisotopic (exact) mass is 989 g/mol. The van der Waals surface area contributed by atoms with Gasteiger partial charge in [0.2, 0.25) is 0 Å². The molecule has 0 saturated heterocycles. The molecular weight excluding hydrogens is 905 g/mol. The van der Waals surface area contributed by atoms with Crippen LogP contribution in [-0.2, 0) is 60.6 Å². The summed E-state index contributed by atoms with van der Waals surface area (Å²) in [6.45, 7) is 29.8. The molecule has 4 heteroatoms. The van der Waals surface area contributed by atoms with E-state index in [1.165, 1.54) is 22.3 Å². The standard InChI is InChI=1S/C70H84O4/c1-15-17-19-27-33-71-63-51-35-55-43-61(69(9,10)11)45-57(65(55)73-47-49-29-23-21-24-30-49)37-53-41-60(68(6,7)8)42-54(64(53)72-34-28-20-18-16-2)38-58-46-62(70(12,13)14)44-56(36-52(63)40-59(39-51)67(3,4)5)66(58)74-48-50-31-25-22-26-32-50/h1-2,21-26,29-32,39-46H,17-20,27-28,33-38,47-48H2,3-14H3. The third kappa shape index (κ3) is 14.5. The summed E-state index contributed by atoms with van der Waals surface area (Å²) in [7, 11) is 0. The van der Waals surface area contributed by atoms with Crippen LogP contribution in [0.4, 0.5) is 0 Å². The molecule has 0 aliphatic heterocycles. The minimum Gasteiger partial charge on any atom is -0.493 e. The van der Waals surface area contributed by atoms with Crippen LogP contribution in [0.3, 0.4) is 0 Å². The van der Waals surface area contributed by atoms with Crippen molar-refractivity contribution in [3.8, 4) is 47.7 Å². The number of ether oxygens (including phenoxy) is 4. The molecule has 0 N–H and O–H groups in total. The van der Waals surface area contributed by atoms with Crippen LogP contribution in [0.15, 0.2) is 109 Å². The molecular formula is C70H84O4. The van der Waals surface area contributed by atoms with E-state index < -0.39 is 0 Å². The van der Waals surface area contributed by atoms with E-state index in [0.717, 1.165) is 117 Å². The maximum absolute atomic E-state index is 7.26. The van der Waals surface area contributed by atoms with Crippen LogP contribution in [0, 0.1) is 24.7 Å². The van der Waals surface area contributed by atoms with Crippen molar-refractivity contribution in [2.45, 2.75) is 182 Å². The number of terminal acetylenes is 2. The van der Waals surface area contributed by atoms with Gasteiger partial charge < -0.3 is 18.9 Å². The van der Waals surface area contributed by atoms with Gasteiger partial charge in [0.15, 0.2) is 0 Å². The molecule has 0 aromatic heterocycles. The summed E-state index contributed by atoms with van der Waals surface area (Å²) in [6, 6.07) is 40.3. The Morgan fingerprint density at radius 1 is 0.351 bits per heavy atom. The lowest BCUT2D eigenvalue weighted by Crippen LogP contribution is -2.18. The van der Waals surface area contributed by atoms with Crippen molar-refractivity contribution in [2.24, 2.45) is 0 Å². The second kappa shape index (κ2) is 23.9. The van der Waals surface area contributed by atoms with Gasteiger partial charge in [-0.1, -0.05) is 192 Å². The molecule has 1 aliphatic rings. The van der Waals surface area contributed by atoms with Gasteiger partial charge in [-0.3, -0.25) is 0 Å². The second-order valence-corrected chi connectivity index (χ2v) is 24.8. The Morgan fingerprint density at radius 2 is 0.595 bits per heavy atom. The van der Waals surface area contributed by atoms with Crippen molar-refractivity contribution in [1.82, 2.24) is 0 Å². The Bertz CT molecular complexity index is 2630. The highest BCUT2D eigenvalue weighted by atomic mass is 16.5. The van der Waals surface area contributed by atoms with Crippen LogP contribution >= 0.6 is 0 Å². The number of hydrogen-bond donors (Lipinski definition) is 0. The third-order valence-corrected chi connectivity index (χ3v) is 14.3. The molecule has 0 spiro atoms. The van der Waals surface area contributed by atoms with Gasteiger partial charge in [0.05, 0.1) is 13.2 Å². The molecule has 388 valence electrons. The first-order valence-corrected chi connectivity index (χ1v) is 27.2. The van der Waals surface area contributed by atoms with Crippen molar-refractivity contribution in [2.75, 3.05) is 13.2 Å². The maximum Gasteiger partial charge on any atom is 0.126 e. The van der Waals surface area contributed by atoms with E-state index in [9.17, 15) is 0 Å². The average Bonchev–Trinajstić information content (AvgIpc) is 3.33. The first kappa shape index (κ1) is 55.4. The van der Waals surface area contributed by atoms with Gasteiger partial charge in [-0.2, -0.15) is 0 Å². The molecule has 1 aliphatic carbocycles. The molecule has 0 radical (unpaired) electrons. The summed E-state index contributed by atoms with van der Waals surface area (Å²) in [5.74, 6) is 9.37. The maximum atomic E-state index is 7.26. The number of rotatable bonds is 16. The molecule has 0 unspecified atom stereocenters. The van der Waals surface area contributed by atoms with Gasteiger partial charge in [-0.15, -0.1) is 24.7 Å². The van der Waals surface area contributed by atoms with Crippen LogP contribution in [0.2, 0.25) is 0 Å². The molecule has 6 aromatic carbocycles. The number of hydrogen-bond acceptors (Lipinski definition) is 4. The van der Waals surface area contributed by atoms with Gasteiger partial charge in [0.1, 0.15) is 36.2 Å². The first-order chi connectivity index (χ1) is 35.1. The lowest BCUT2D eigenvalue weighted by molar-refractivity contribution is 0.294. The zero-order valence-electron chi connectivity index (χ0n) is 47.1. The summed E-state index contributed by atoms with van der Waals surface area (Å²) < 4.78 is 28.9. The molecule has 7 rings (SSSR count). The van der Waals surface area contributed by atoms with E-state index >= 15 is 0 Å². The van der Waals surface area contributed by atoms with Crippen molar-refractivity contribution >= 4 is 0 Å². The fourth-order valence-corrected chi connectivity index (χ4v) is 9.83. The molecule has 0 atom stereocenters. The molecule has 74 heavy (non-hydrogen) atoms. The average molecular weight is 989 g/mol. The fourth-order valence-electron chi connectivity index (χ4n) is 9.83. The van der Waals surface area contributed by atoms with Crippen molar-refractivity contribution in [1.29, 1.82) is 0 Å². The van der Waals surface area contributed by atoms with Gasteiger partial charge in [0.25, 0.3) is 0 Å². The van der Waals surface area contributed by atoms with Crippen LogP contribution in [-0.4, -0.2) is 13.2 Å². The Hall–Kier alpha value is -6.36. The molecule has 6 aromatic rings. The second-order valence-electron chi connectivity index (χ2n) is 24.8. The van der Waals surface area contributed by atoms with E-state index in [0.29, 0.717) is 52.1 Å². The first-order valence-electron chi connectivity index (χ1n) is 27.2. The summed E-state index contributed by atoms with van der Waals surface area (Å²) in [5, 5.41) is 0. The third-order valence-electron chi connectivity index (χ3n) is 14.3. The molecule has 0 fully saturated rings. The Kier molecular flexibility index (Phi) is 17.9. The number of fused-ring (bicyclic) bond motifs is 8. The topological polar surface area (TPSA) is 36.9 Å². The fraction of sp³-hybridized carbons (Fsp3) is 0.429. The van der Waals surface area contributed by atoms with E-state index in [1.54, 1.807) is 0 Å². The zero-order chi connectivity index (χ0) is 53.3. The summed E-state index contributed by atoms with van der Waals surface area (Å²) in [4.78, 5) is 0. The van der Waals surface area contributed by atoms with Gasteiger partial charge in [0, 0.05) is 38.5 Å². The molecule has 0 saturated carbocycles. The predicted octanol–water partition coefficient (Wildman–Crippen LogP) is 17.1. The summed E-state index contributed by atoms with van der Waals surface area (Å²) >= 11 is 0. The normalized spacial score (nSPS) is 12.9. The van der Waals surface area contributed by atoms with Crippen LogP contribution in [0.1, 0.15) is 199 Å². The van der Waals surface area contributed by atoms with E-state index in [1.807, 2.05) is 0 Å². The lowest BCUT2D eigenvalue weighted by atomic mass is 9.79. The Balaban J connectivity index is 1.60. The summed E-state index contributed by atoms with van der Waals surface area (Å²) in [5.41, 5.74) is 15.8. The Labute approximate surface area is 447 Å². The van der Waals surface area contributed by atoms with Crippen molar-refractivity contribution in [3.05, 3.63) is 187 Å². The van der Waals surface area contributed by atoms with Gasteiger partial charge in [-0.05, 0) is 125 Å². The van der Waals surface area contributed by atoms with E-state index in [-0.39, 0.29) is 21.7 Å². The minimum atomic E-state index is -0.157. The van der Waals surface area contributed by atoms with E-state index in [4.69, 9.17) is 31.8 Å². The minimum absolute atomic E-state index is 0.156. The predicted molar refractivity (Wildman–Crippen MR) is 310 cm³/mol. The van der Waals surface area contributed by atoms with Crippen molar-refractivity contribution < 1.29 is 18.9 Å². The zero-order valence-corrected chi connectivity index (χ0v) is 47.1. The summed E-state index contributed by atoms with van der Waals surface area (Å²) in [6.07, 6.45) is 18.9. The highest BCUT2D eigenvalue weighted by molar-refractivity contribution is 5.60. The largest absolute Gasteiger partial charge is 0.493 e. The van der Waals surface area contributed by atoms with Crippen LogP contribution in [0.25, 0.3) is 0 Å². The van der Waals surface area contributed by atoms with Crippen LogP contribution < -0.4 is 18.9 Å². The Morgan fingerprint density at radius 3 is 0.824 bits per heavy atom. The quantitative estimate of drug-likeness (QED) is 0.0714. The highest BCUT2D eigenvalue weighted by Gasteiger charge is 2.30. The molecule has 4 nitrogen and oxygen atoms in total.